The Morgan fingerprint density at radius 3 is 2.21 bits per heavy atom. The molecule has 0 aromatic heterocycles. The van der Waals surface area contributed by atoms with Gasteiger partial charge in [0.05, 0.1) is 10.8 Å². The highest BCUT2D eigenvalue weighted by Gasteiger charge is 2.17. The van der Waals surface area contributed by atoms with E-state index in [2.05, 4.69) is 0 Å². The first kappa shape index (κ1) is 12.0. The first-order valence-corrected chi connectivity index (χ1v) is 6.59. The summed E-state index contributed by atoms with van der Waals surface area (Å²) in [4.78, 5) is 0. The molecule has 0 saturated carbocycles. The van der Waals surface area contributed by atoms with E-state index in [1.165, 1.54) is 12.1 Å². The van der Waals surface area contributed by atoms with Crippen molar-refractivity contribution in [3.63, 3.8) is 0 Å². The first-order chi connectivity index (χ1) is 6.31. The van der Waals surface area contributed by atoms with E-state index in [0.29, 0.717) is 0 Å². The molecule has 0 bridgehead atoms. The highest BCUT2D eigenvalue weighted by atomic mass is 35.7. The summed E-state index contributed by atoms with van der Waals surface area (Å²) in [6.45, 7) is 0. The number of benzene rings is 1. The largest absolute Gasteiger partial charge is 0.236 e. The van der Waals surface area contributed by atoms with Crippen LogP contribution in [-0.2, 0) is 14.8 Å². The fraction of sp³-hybridized carbons (Fsp3) is 0.143. The Balaban J connectivity index is 3.27. The van der Waals surface area contributed by atoms with Gasteiger partial charge < -0.3 is 0 Å². The van der Waals surface area contributed by atoms with Gasteiger partial charge in [-0.3, -0.25) is 0 Å². The molecule has 2 nitrogen and oxygen atoms in total. The molecule has 14 heavy (non-hydrogen) atoms. The highest BCUT2D eigenvalue weighted by Crippen LogP contribution is 2.27. The molecule has 0 heterocycles. The predicted octanol–water partition coefficient (Wildman–Crippen LogP) is 3.20. The van der Waals surface area contributed by atoms with Crippen LogP contribution in [0.4, 0.5) is 4.39 Å². The second-order valence-corrected chi connectivity index (χ2v) is 6.10. The standard InChI is InChI=1S/C7H4Cl3FO2S/c8-5-1-2-6(9)7(11)4(5)3-14(10,12)13/h1-2H,3H2. The van der Waals surface area contributed by atoms with Gasteiger partial charge in [-0.25, -0.2) is 12.8 Å². The quantitative estimate of drug-likeness (QED) is 0.614. The van der Waals surface area contributed by atoms with E-state index in [9.17, 15) is 12.8 Å². The normalized spacial score (nSPS) is 11.7. The maximum atomic E-state index is 13.3. The lowest BCUT2D eigenvalue weighted by Crippen LogP contribution is -1.99. The van der Waals surface area contributed by atoms with Gasteiger partial charge in [-0.2, -0.15) is 0 Å². The fourth-order valence-electron chi connectivity index (χ4n) is 0.874. The number of rotatable bonds is 2. The lowest BCUT2D eigenvalue weighted by molar-refractivity contribution is 0.597. The van der Waals surface area contributed by atoms with Crippen LogP contribution in [-0.4, -0.2) is 8.42 Å². The minimum atomic E-state index is -3.85. The van der Waals surface area contributed by atoms with Crippen molar-refractivity contribution in [2.75, 3.05) is 0 Å². The third kappa shape index (κ3) is 2.98. The van der Waals surface area contributed by atoms with Crippen LogP contribution in [0.5, 0.6) is 0 Å². The van der Waals surface area contributed by atoms with Gasteiger partial charge in [0.1, 0.15) is 5.82 Å². The van der Waals surface area contributed by atoms with Crippen molar-refractivity contribution < 1.29 is 12.8 Å². The summed E-state index contributed by atoms with van der Waals surface area (Å²) in [5, 5.41) is -0.208. The van der Waals surface area contributed by atoms with Crippen molar-refractivity contribution in [2.45, 2.75) is 5.75 Å². The van der Waals surface area contributed by atoms with Gasteiger partial charge in [0.15, 0.2) is 0 Å². The molecule has 0 fully saturated rings. The van der Waals surface area contributed by atoms with E-state index in [4.69, 9.17) is 33.9 Å². The van der Waals surface area contributed by atoms with Crippen LogP contribution in [0.1, 0.15) is 5.56 Å². The van der Waals surface area contributed by atoms with Crippen LogP contribution in [0, 0.1) is 5.82 Å². The monoisotopic (exact) mass is 276 g/mol. The maximum Gasteiger partial charge on any atom is 0.236 e. The second kappa shape index (κ2) is 4.23. The SMILES string of the molecule is O=S(=O)(Cl)Cc1c(Cl)ccc(Cl)c1F. The van der Waals surface area contributed by atoms with E-state index < -0.39 is 20.6 Å². The van der Waals surface area contributed by atoms with Crippen molar-refractivity contribution >= 4 is 42.9 Å². The highest BCUT2D eigenvalue weighted by molar-refractivity contribution is 8.13. The van der Waals surface area contributed by atoms with Gasteiger partial charge in [-0.05, 0) is 12.1 Å². The minimum absolute atomic E-state index is 0.0175. The molecule has 0 amide bonds. The summed E-state index contributed by atoms with van der Waals surface area (Å²) in [6, 6.07) is 2.55. The van der Waals surface area contributed by atoms with Crippen LogP contribution >= 0.6 is 33.9 Å². The summed E-state index contributed by atoms with van der Waals surface area (Å²) in [5.74, 6) is -1.54. The number of hydrogen-bond acceptors (Lipinski definition) is 2. The molecule has 0 N–H and O–H groups in total. The number of hydrogen-bond donors (Lipinski definition) is 0. The second-order valence-electron chi connectivity index (χ2n) is 2.50. The van der Waals surface area contributed by atoms with E-state index >= 15 is 0 Å². The Bertz CT molecular complexity index is 458. The Morgan fingerprint density at radius 2 is 1.71 bits per heavy atom. The molecule has 0 radical (unpaired) electrons. The molecule has 7 heteroatoms. The maximum absolute atomic E-state index is 13.3. The zero-order valence-corrected chi connectivity index (χ0v) is 9.68. The summed E-state index contributed by atoms with van der Waals surface area (Å²) >= 11 is 11.0. The molecular weight excluding hydrogens is 273 g/mol. The van der Waals surface area contributed by atoms with Gasteiger partial charge in [0.2, 0.25) is 9.05 Å². The Morgan fingerprint density at radius 1 is 1.21 bits per heavy atom. The number of halogens is 4. The van der Waals surface area contributed by atoms with Crippen LogP contribution in [0.15, 0.2) is 12.1 Å². The molecule has 0 unspecified atom stereocenters. The zero-order valence-electron chi connectivity index (χ0n) is 6.60. The zero-order chi connectivity index (χ0) is 10.9. The van der Waals surface area contributed by atoms with Crippen LogP contribution in [0.2, 0.25) is 10.0 Å². The van der Waals surface area contributed by atoms with Crippen LogP contribution in [0.25, 0.3) is 0 Å². The van der Waals surface area contributed by atoms with Gasteiger partial charge in [-0.15, -0.1) is 0 Å². The molecule has 78 valence electrons. The van der Waals surface area contributed by atoms with Gasteiger partial charge >= 0.3 is 0 Å². The fourth-order valence-corrected chi connectivity index (χ4v) is 2.30. The molecule has 0 atom stereocenters. The molecule has 1 aromatic carbocycles. The van der Waals surface area contributed by atoms with E-state index in [0.717, 1.165) is 0 Å². The van der Waals surface area contributed by atoms with Crippen molar-refractivity contribution in [3.05, 3.63) is 33.6 Å². The molecule has 1 rings (SSSR count). The first-order valence-electron chi connectivity index (χ1n) is 3.36. The lowest BCUT2D eigenvalue weighted by Gasteiger charge is -2.04. The molecular formula is C7H4Cl3FO2S. The van der Waals surface area contributed by atoms with Gasteiger partial charge in [0, 0.05) is 21.3 Å². The van der Waals surface area contributed by atoms with Crippen molar-refractivity contribution in [3.8, 4) is 0 Å². The average molecular weight is 278 g/mol. The van der Waals surface area contributed by atoms with Gasteiger partial charge in [-0.1, -0.05) is 23.2 Å². The van der Waals surface area contributed by atoms with E-state index in [1.807, 2.05) is 0 Å². The van der Waals surface area contributed by atoms with Crippen molar-refractivity contribution in [1.82, 2.24) is 0 Å². The average Bonchev–Trinajstić information content (AvgIpc) is 2.04. The van der Waals surface area contributed by atoms with Gasteiger partial charge in [0.25, 0.3) is 0 Å². The molecule has 0 aliphatic rings. The topological polar surface area (TPSA) is 34.1 Å². The van der Waals surface area contributed by atoms with E-state index in [1.54, 1.807) is 0 Å². The van der Waals surface area contributed by atoms with Crippen molar-refractivity contribution in [1.29, 1.82) is 0 Å². The third-order valence-corrected chi connectivity index (χ3v) is 3.06. The van der Waals surface area contributed by atoms with Crippen LogP contribution in [0.3, 0.4) is 0 Å². The smallest absolute Gasteiger partial charge is 0.212 e. The third-order valence-electron chi connectivity index (χ3n) is 1.46. The lowest BCUT2D eigenvalue weighted by atomic mass is 10.2. The Kier molecular flexibility index (Phi) is 3.63. The molecule has 0 aliphatic carbocycles. The summed E-state index contributed by atoms with van der Waals surface area (Å²) in [5.41, 5.74) is -0.214. The van der Waals surface area contributed by atoms with E-state index in [-0.39, 0.29) is 15.6 Å². The van der Waals surface area contributed by atoms with Crippen molar-refractivity contribution in [2.24, 2.45) is 0 Å². The molecule has 1 aromatic rings. The predicted molar refractivity (Wildman–Crippen MR) is 54.9 cm³/mol. The minimum Gasteiger partial charge on any atom is -0.212 e. The Hall–Kier alpha value is -0.0300. The van der Waals surface area contributed by atoms with Crippen LogP contribution < -0.4 is 0 Å². The summed E-state index contributed by atoms with van der Waals surface area (Å²) < 4.78 is 34.7. The Labute approximate surface area is 95.0 Å². The summed E-state index contributed by atoms with van der Waals surface area (Å²) in [6.07, 6.45) is 0. The molecule has 0 spiro atoms. The summed E-state index contributed by atoms with van der Waals surface area (Å²) in [7, 11) is 1.12. The molecule has 0 aliphatic heterocycles. The molecule has 0 saturated heterocycles.